The summed E-state index contributed by atoms with van der Waals surface area (Å²) in [6.45, 7) is 2.28. The van der Waals surface area contributed by atoms with Crippen LogP contribution in [0.15, 0.2) is 36.7 Å². The first-order chi connectivity index (χ1) is 11.5. The van der Waals surface area contributed by atoms with Crippen molar-refractivity contribution in [2.45, 2.75) is 13.0 Å². The van der Waals surface area contributed by atoms with Crippen molar-refractivity contribution < 1.29 is 4.74 Å². The Kier molecular flexibility index (Phi) is 5.23. The molecular formula is C16H13Cl3N4O. The van der Waals surface area contributed by atoms with Gasteiger partial charge in [-0.1, -0.05) is 46.9 Å². The summed E-state index contributed by atoms with van der Waals surface area (Å²) in [6, 6.07) is 9.23. The van der Waals surface area contributed by atoms with Crippen molar-refractivity contribution in [1.82, 2.24) is 15.0 Å². The number of ether oxygens (including phenoxy) is 1. The molecule has 2 heterocycles. The predicted molar refractivity (Wildman–Crippen MR) is 97.4 cm³/mol. The maximum atomic E-state index is 6.05. The Morgan fingerprint density at radius 3 is 2.75 bits per heavy atom. The summed E-state index contributed by atoms with van der Waals surface area (Å²) in [4.78, 5) is 12.5. The maximum absolute atomic E-state index is 6.05. The van der Waals surface area contributed by atoms with Gasteiger partial charge in [0.05, 0.1) is 16.6 Å². The molecule has 0 aliphatic heterocycles. The van der Waals surface area contributed by atoms with Gasteiger partial charge in [-0.05, 0) is 25.1 Å². The van der Waals surface area contributed by atoms with E-state index in [0.29, 0.717) is 11.6 Å². The molecule has 8 heteroatoms. The highest BCUT2D eigenvalue weighted by atomic mass is 35.5. The van der Waals surface area contributed by atoms with E-state index < -0.39 is 0 Å². The molecule has 0 aliphatic carbocycles. The number of pyridine rings is 1. The smallest absolute Gasteiger partial charge is 0.234 e. The van der Waals surface area contributed by atoms with Crippen molar-refractivity contribution in [2.24, 2.45) is 0 Å². The van der Waals surface area contributed by atoms with Crippen LogP contribution in [-0.4, -0.2) is 27.6 Å². The molecule has 0 fully saturated rings. The first-order valence-corrected chi connectivity index (χ1v) is 8.28. The lowest BCUT2D eigenvalue weighted by Crippen LogP contribution is -2.24. The molecule has 1 atom stereocenters. The lowest BCUT2D eigenvalue weighted by molar-refractivity contribution is 0.293. The summed E-state index contributed by atoms with van der Waals surface area (Å²) in [7, 11) is 0. The molecule has 0 saturated carbocycles. The quantitative estimate of drug-likeness (QED) is 0.637. The molecule has 1 unspecified atom stereocenters. The van der Waals surface area contributed by atoms with Crippen molar-refractivity contribution in [3.05, 3.63) is 51.9 Å². The number of nitrogens with one attached hydrogen (secondary N) is 1. The first-order valence-electron chi connectivity index (χ1n) is 7.15. The standard InChI is InChI=1S/C16H13Cl3N4O/c1-9(7-24-16-12(18)6-11(17)14(19)23-16)22-15-10-4-2-3-5-13(10)20-8-21-15/h2-6,8-9H,7H2,1H3,(H,20,21,22). The summed E-state index contributed by atoms with van der Waals surface area (Å²) in [5.74, 6) is 0.983. The molecule has 0 radical (unpaired) electrons. The highest BCUT2D eigenvalue weighted by Gasteiger charge is 2.12. The van der Waals surface area contributed by atoms with Crippen LogP contribution in [0.3, 0.4) is 0 Å². The molecule has 3 aromatic rings. The van der Waals surface area contributed by atoms with E-state index in [9.17, 15) is 0 Å². The summed E-state index contributed by atoms with van der Waals surface area (Å²) < 4.78 is 5.63. The van der Waals surface area contributed by atoms with Crippen molar-refractivity contribution in [1.29, 1.82) is 0 Å². The van der Waals surface area contributed by atoms with Gasteiger partial charge in [0.15, 0.2) is 5.15 Å². The number of benzene rings is 1. The lowest BCUT2D eigenvalue weighted by atomic mass is 10.2. The third kappa shape index (κ3) is 3.80. The van der Waals surface area contributed by atoms with Crippen molar-refractivity contribution >= 4 is 51.5 Å². The molecule has 0 saturated heterocycles. The Bertz CT molecular complexity index is 870. The van der Waals surface area contributed by atoms with E-state index in [-0.39, 0.29) is 22.1 Å². The van der Waals surface area contributed by atoms with Crippen LogP contribution in [-0.2, 0) is 0 Å². The monoisotopic (exact) mass is 382 g/mol. The van der Waals surface area contributed by atoms with Crippen molar-refractivity contribution in [2.75, 3.05) is 11.9 Å². The van der Waals surface area contributed by atoms with Crippen LogP contribution in [0.25, 0.3) is 10.9 Å². The fourth-order valence-corrected chi connectivity index (χ4v) is 2.67. The number of hydrogen-bond acceptors (Lipinski definition) is 5. The van der Waals surface area contributed by atoms with E-state index in [1.54, 1.807) is 0 Å². The molecule has 124 valence electrons. The number of rotatable bonds is 5. The Morgan fingerprint density at radius 1 is 1.12 bits per heavy atom. The molecule has 1 N–H and O–H groups in total. The van der Waals surface area contributed by atoms with E-state index in [2.05, 4.69) is 20.3 Å². The Labute approximate surface area is 153 Å². The number of fused-ring (bicyclic) bond motifs is 1. The lowest BCUT2D eigenvalue weighted by Gasteiger charge is -2.16. The van der Waals surface area contributed by atoms with Gasteiger partial charge in [0.1, 0.15) is 23.8 Å². The molecule has 24 heavy (non-hydrogen) atoms. The highest BCUT2D eigenvalue weighted by molar-refractivity contribution is 6.42. The highest BCUT2D eigenvalue weighted by Crippen LogP contribution is 2.30. The van der Waals surface area contributed by atoms with Gasteiger partial charge in [-0.2, -0.15) is 4.98 Å². The fraction of sp³-hybridized carbons (Fsp3) is 0.188. The average Bonchev–Trinajstić information content (AvgIpc) is 2.57. The fourth-order valence-electron chi connectivity index (χ4n) is 2.13. The van der Waals surface area contributed by atoms with E-state index in [0.717, 1.165) is 16.7 Å². The number of nitrogens with zero attached hydrogens (tertiary/aromatic N) is 3. The summed E-state index contributed by atoms with van der Waals surface area (Å²) in [5, 5.41) is 4.98. The minimum atomic E-state index is -0.0457. The van der Waals surface area contributed by atoms with Crippen LogP contribution in [0.5, 0.6) is 5.88 Å². The zero-order valence-electron chi connectivity index (χ0n) is 12.6. The summed E-state index contributed by atoms with van der Waals surface area (Å²) in [5.41, 5.74) is 0.873. The number of hydrogen-bond donors (Lipinski definition) is 1. The van der Waals surface area contributed by atoms with Gasteiger partial charge in [0.2, 0.25) is 5.88 Å². The van der Waals surface area contributed by atoms with E-state index in [4.69, 9.17) is 39.5 Å². The first kappa shape index (κ1) is 17.0. The SMILES string of the molecule is CC(COc1nc(Cl)c(Cl)cc1Cl)Nc1ncnc2ccccc12. The zero-order chi connectivity index (χ0) is 17.1. The normalized spacial score (nSPS) is 12.2. The van der Waals surface area contributed by atoms with Gasteiger partial charge < -0.3 is 10.1 Å². The minimum Gasteiger partial charge on any atom is -0.474 e. The van der Waals surface area contributed by atoms with Crippen LogP contribution in [0, 0.1) is 0 Å². The number of halogens is 3. The number of aromatic nitrogens is 3. The van der Waals surface area contributed by atoms with E-state index in [1.807, 2.05) is 31.2 Å². The second kappa shape index (κ2) is 7.38. The van der Waals surface area contributed by atoms with Gasteiger partial charge in [-0.25, -0.2) is 9.97 Å². The summed E-state index contributed by atoms with van der Waals surface area (Å²) in [6.07, 6.45) is 1.52. The Balaban J connectivity index is 1.70. The van der Waals surface area contributed by atoms with Gasteiger partial charge in [-0.3, -0.25) is 0 Å². The maximum Gasteiger partial charge on any atom is 0.234 e. The molecule has 5 nitrogen and oxygen atoms in total. The summed E-state index contributed by atoms with van der Waals surface area (Å²) >= 11 is 17.8. The average molecular weight is 384 g/mol. The van der Waals surface area contributed by atoms with Crippen LogP contribution >= 0.6 is 34.8 Å². The molecule has 0 amide bonds. The largest absolute Gasteiger partial charge is 0.474 e. The van der Waals surface area contributed by atoms with Crippen LogP contribution in [0.4, 0.5) is 5.82 Å². The topological polar surface area (TPSA) is 59.9 Å². The Morgan fingerprint density at radius 2 is 1.92 bits per heavy atom. The molecule has 0 bridgehead atoms. The third-order valence-corrected chi connectivity index (χ3v) is 4.19. The van der Waals surface area contributed by atoms with Crippen molar-refractivity contribution in [3.63, 3.8) is 0 Å². The Hall–Kier alpha value is -1.82. The second-order valence-corrected chi connectivity index (χ2v) is 6.32. The minimum absolute atomic E-state index is 0.0457. The van der Waals surface area contributed by atoms with Gasteiger partial charge in [0, 0.05) is 5.39 Å². The molecule has 2 aromatic heterocycles. The van der Waals surface area contributed by atoms with Crippen LogP contribution < -0.4 is 10.1 Å². The molecule has 0 spiro atoms. The van der Waals surface area contributed by atoms with Crippen LogP contribution in [0.1, 0.15) is 6.92 Å². The second-order valence-electron chi connectivity index (χ2n) is 5.14. The van der Waals surface area contributed by atoms with Gasteiger partial charge in [-0.15, -0.1) is 0 Å². The predicted octanol–water partition coefficient (Wildman–Crippen LogP) is 4.86. The molecule has 3 rings (SSSR count). The van der Waals surface area contributed by atoms with Gasteiger partial charge >= 0.3 is 0 Å². The number of anilines is 1. The van der Waals surface area contributed by atoms with Crippen LogP contribution in [0.2, 0.25) is 15.2 Å². The third-order valence-electron chi connectivity index (χ3n) is 3.25. The zero-order valence-corrected chi connectivity index (χ0v) is 14.9. The van der Waals surface area contributed by atoms with Crippen molar-refractivity contribution in [3.8, 4) is 5.88 Å². The number of para-hydroxylation sites is 1. The van der Waals surface area contributed by atoms with Gasteiger partial charge in [0.25, 0.3) is 0 Å². The molecule has 1 aromatic carbocycles. The van der Waals surface area contributed by atoms with E-state index >= 15 is 0 Å². The van der Waals surface area contributed by atoms with E-state index in [1.165, 1.54) is 12.4 Å². The molecule has 0 aliphatic rings. The molecular weight excluding hydrogens is 371 g/mol.